The van der Waals surface area contributed by atoms with Crippen LogP contribution < -0.4 is 10.5 Å². The summed E-state index contributed by atoms with van der Waals surface area (Å²) < 4.78 is 5.45. The number of hydrogen-bond donors (Lipinski definition) is 1. The molecule has 0 fully saturated rings. The molecule has 0 spiro atoms. The predicted molar refractivity (Wildman–Crippen MR) is 59.9 cm³/mol. The molecule has 80 valence electrons. The van der Waals surface area contributed by atoms with Crippen LogP contribution >= 0.6 is 0 Å². The summed E-state index contributed by atoms with van der Waals surface area (Å²) in [5.41, 5.74) is 5.64. The fourth-order valence-corrected chi connectivity index (χ4v) is 1.21. The number of benzene rings is 1. The number of para-hydroxylation sites is 1. The third-order valence-electron chi connectivity index (χ3n) is 1.96. The number of hydrogen-bond acceptors (Lipinski definition) is 2. The highest BCUT2D eigenvalue weighted by Gasteiger charge is 2.07. The molecule has 0 bridgehead atoms. The molecule has 15 heavy (non-hydrogen) atoms. The topological polar surface area (TPSA) is 52.3 Å². The predicted octanol–water partition coefficient (Wildman–Crippen LogP) is 2.13. The maximum Gasteiger partial charge on any atom is 0.252 e. The molecule has 0 saturated carbocycles. The van der Waals surface area contributed by atoms with Gasteiger partial charge in [-0.2, -0.15) is 0 Å². The first-order chi connectivity index (χ1) is 7.25. The van der Waals surface area contributed by atoms with Gasteiger partial charge >= 0.3 is 0 Å². The van der Waals surface area contributed by atoms with E-state index in [2.05, 4.69) is 6.58 Å². The van der Waals surface area contributed by atoms with E-state index >= 15 is 0 Å². The van der Waals surface area contributed by atoms with Crippen molar-refractivity contribution in [1.82, 2.24) is 0 Å². The highest BCUT2D eigenvalue weighted by atomic mass is 16.5. The Morgan fingerprint density at radius 1 is 1.47 bits per heavy atom. The Hall–Kier alpha value is -1.77. The van der Waals surface area contributed by atoms with Gasteiger partial charge in [0.05, 0.1) is 12.2 Å². The van der Waals surface area contributed by atoms with Crippen molar-refractivity contribution >= 4 is 5.91 Å². The maximum atomic E-state index is 11.0. The van der Waals surface area contributed by atoms with Gasteiger partial charge < -0.3 is 10.5 Å². The molecule has 2 N–H and O–H groups in total. The Morgan fingerprint density at radius 3 is 2.87 bits per heavy atom. The van der Waals surface area contributed by atoms with Crippen molar-refractivity contribution in [3.05, 3.63) is 42.5 Å². The molecule has 0 aliphatic carbocycles. The lowest BCUT2D eigenvalue weighted by Crippen LogP contribution is -2.13. The number of allylic oxidation sites excluding steroid dienone is 1. The van der Waals surface area contributed by atoms with Crippen molar-refractivity contribution in [3.8, 4) is 5.75 Å². The van der Waals surface area contributed by atoms with Gasteiger partial charge in [-0.05, 0) is 25.0 Å². The Bertz CT molecular complexity index is 347. The maximum absolute atomic E-state index is 11.0. The molecule has 0 radical (unpaired) electrons. The van der Waals surface area contributed by atoms with E-state index in [1.54, 1.807) is 18.2 Å². The summed E-state index contributed by atoms with van der Waals surface area (Å²) in [5, 5.41) is 0. The first kappa shape index (κ1) is 11.3. The van der Waals surface area contributed by atoms with Crippen molar-refractivity contribution in [2.75, 3.05) is 6.61 Å². The van der Waals surface area contributed by atoms with Crippen molar-refractivity contribution < 1.29 is 9.53 Å². The monoisotopic (exact) mass is 205 g/mol. The van der Waals surface area contributed by atoms with Crippen LogP contribution in [-0.4, -0.2) is 12.5 Å². The first-order valence-electron chi connectivity index (χ1n) is 4.88. The molecule has 1 rings (SSSR count). The molecule has 3 nitrogen and oxygen atoms in total. The van der Waals surface area contributed by atoms with Crippen LogP contribution in [0.1, 0.15) is 23.2 Å². The van der Waals surface area contributed by atoms with Gasteiger partial charge in [-0.15, -0.1) is 6.58 Å². The molecule has 0 aliphatic heterocycles. The van der Waals surface area contributed by atoms with Gasteiger partial charge in [-0.1, -0.05) is 18.2 Å². The fourth-order valence-electron chi connectivity index (χ4n) is 1.21. The summed E-state index contributed by atoms with van der Waals surface area (Å²) in [7, 11) is 0. The van der Waals surface area contributed by atoms with Crippen molar-refractivity contribution in [3.63, 3.8) is 0 Å². The van der Waals surface area contributed by atoms with Crippen LogP contribution in [0.2, 0.25) is 0 Å². The molecule has 1 amide bonds. The highest BCUT2D eigenvalue weighted by Crippen LogP contribution is 2.17. The lowest BCUT2D eigenvalue weighted by atomic mass is 10.2. The number of carbonyl (C=O) groups excluding carboxylic acids is 1. The number of ether oxygens (including phenoxy) is 1. The molecule has 0 aliphatic rings. The second kappa shape index (κ2) is 5.86. The number of unbranched alkanes of at least 4 members (excludes halogenated alkanes) is 1. The minimum Gasteiger partial charge on any atom is -0.493 e. The molecule has 0 aromatic heterocycles. The third-order valence-corrected chi connectivity index (χ3v) is 1.96. The summed E-state index contributed by atoms with van der Waals surface area (Å²) >= 11 is 0. The van der Waals surface area contributed by atoms with Gasteiger partial charge in [0.1, 0.15) is 5.75 Å². The van der Waals surface area contributed by atoms with Crippen molar-refractivity contribution in [2.45, 2.75) is 12.8 Å². The summed E-state index contributed by atoms with van der Waals surface area (Å²) in [6.07, 6.45) is 3.62. The number of primary amides is 1. The van der Waals surface area contributed by atoms with E-state index in [9.17, 15) is 4.79 Å². The van der Waals surface area contributed by atoms with E-state index in [1.165, 1.54) is 0 Å². The standard InChI is InChI=1S/C12H15NO2/c1-2-3-6-9-15-11-8-5-4-7-10(11)12(13)14/h2,4-5,7-8H,1,3,6,9H2,(H2,13,14). The normalized spacial score (nSPS) is 9.60. The van der Waals surface area contributed by atoms with E-state index in [0.29, 0.717) is 17.9 Å². The van der Waals surface area contributed by atoms with E-state index in [0.717, 1.165) is 12.8 Å². The molecule has 3 heteroatoms. The molecule has 0 saturated heterocycles. The van der Waals surface area contributed by atoms with Crippen LogP contribution in [0.25, 0.3) is 0 Å². The van der Waals surface area contributed by atoms with E-state index in [1.807, 2.05) is 12.1 Å². The van der Waals surface area contributed by atoms with Crippen LogP contribution in [0.4, 0.5) is 0 Å². The highest BCUT2D eigenvalue weighted by molar-refractivity contribution is 5.95. The Kier molecular flexibility index (Phi) is 4.41. The molecular formula is C12H15NO2. The van der Waals surface area contributed by atoms with E-state index in [-0.39, 0.29) is 0 Å². The largest absolute Gasteiger partial charge is 0.493 e. The molecule has 0 heterocycles. The summed E-state index contributed by atoms with van der Waals surface area (Å²) in [5.74, 6) is 0.0865. The van der Waals surface area contributed by atoms with Gasteiger partial charge in [0.2, 0.25) is 0 Å². The Morgan fingerprint density at radius 2 is 2.20 bits per heavy atom. The van der Waals surface area contributed by atoms with E-state index in [4.69, 9.17) is 10.5 Å². The van der Waals surface area contributed by atoms with E-state index < -0.39 is 5.91 Å². The number of carbonyl (C=O) groups is 1. The number of nitrogens with two attached hydrogens (primary N) is 1. The SMILES string of the molecule is C=CCCCOc1ccccc1C(N)=O. The van der Waals surface area contributed by atoms with Crippen molar-refractivity contribution in [1.29, 1.82) is 0 Å². The van der Waals surface area contributed by atoms with Gasteiger partial charge in [0, 0.05) is 0 Å². The number of rotatable bonds is 6. The molecule has 1 aromatic carbocycles. The Balaban J connectivity index is 2.59. The van der Waals surface area contributed by atoms with Crippen LogP contribution in [0, 0.1) is 0 Å². The smallest absolute Gasteiger partial charge is 0.252 e. The second-order valence-corrected chi connectivity index (χ2v) is 3.14. The summed E-state index contributed by atoms with van der Waals surface area (Å²) in [4.78, 5) is 11.0. The minimum atomic E-state index is -0.464. The van der Waals surface area contributed by atoms with Crippen LogP contribution in [0.5, 0.6) is 5.75 Å². The average Bonchev–Trinajstić information content (AvgIpc) is 2.25. The lowest BCUT2D eigenvalue weighted by molar-refractivity contribution is 0.0996. The summed E-state index contributed by atoms with van der Waals surface area (Å²) in [6, 6.07) is 6.98. The first-order valence-corrected chi connectivity index (χ1v) is 4.88. The van der Waals surface area contributed by atoms with Crippen molar-refractivity contribution in [2.24, 2.45) is 5.73 Å². The van der Waals surface area contributed by atoms with Gasteiger partial charge in [-0.3, -0.25) is 4.79 Å². The lowest BCUT2D eigenvalue weighted by Gasteiger charge is -2.08. The molecule has 1 aromatic rings. The van der Waals surface area contributed by atoms with Gasteiger partial charge in [0.15, 0.2) is 0 Å². The van der Waals surface area contributed by atoms with Crippen LogP contribution in [-0.2, 0) is 0 Å². The molecular weight excluding hydrogens is 190 g/mol. The second-order valence-electron chi connectivity index (χ2n) is 3.14. The number of amides is 1. The quantitative estimate of drug-likeness (QED) is 0.571. The minimum absolute atomic E-state index is 0.427. The van der Waals surface area contributed by atoms with Crippen LogP contribution in [0.15, 0.2) is 36.9 Å². The van der Waals surface area contributed by atoms with Gasteiger partial charge in [-0.25, -0.2) is 0 Å². The molecule has 0 unspecified atom stereocenters. The summed E-state index contributed by atoms with van der Waals surface area (Å²) in [6.45, 7) is 4.19. The third kappa shape index (κ3) is 3.46. The molecule has 0 atom stereocenters. The zero-order valence-corrected chi connectivity index (χ0v) is 8.61. The zero-order valence-electron chi connectivity index (χ0n) is 8.61. The zero-order chi connectivity index (χ0) is 11.1. The Labute approximate surface area is 89.5 Å². The van der Waals surface area contributed by atoms with Gasteiger partial charge in [0.25, 0.3) is 5.91 Å². The van der Waals surface area contributed by atoms with Crippen LogP contribution in [0.3, 0.4) is 0 Å². The average molecular weight is 205 g/mol. The fraction of sp³-hybridized carbons (Fsp3) is 0.250.